The van der Waals surface area contributed by atoms with Crippen molar-refractivity contribution in [3.63, 3.8) is 0 Å². The van der Waals surface area contributed by atoms with Gasteiger partial charge in [0.2, 0.25) is 5.91 Å². The summed E-state index contributed by atoms with van der Waals surface area (Å²) in [6.07, 6.45) is 2.02. The number of nitrogens with one attached hydrogen (secondary N) is 1. The summed E-state index contributed by atoms with van der Waals surface area (Å²) in [4.78, 5) is 23.7. The average molecular weight is 279 g/mol. The number of hydrogen-bond donors (Lipinski definition) is 2. The molecule has 0 heterocycles. The molecule has 2 atom stereocenters. The molecule has 5 heteroatoms. The largest absolute Gasteiger partial charge is 0.479 e. The number of amides is 1. The molecular weight excluding hydrogens is 261 g/mol. The smallest absolute Gasteiger partial charge is 0.333 e. The number of aliphatic carboxylic acids is 1. The normalized spacial score (nSPS) is 18.9. The van der Waals surface area contributed by atoms with E-state index in [4.69, 9.17) is 0 Å². The molecule has 1 aliphatic carbocycles. The summed E-state index contributed by atoms with van der Waals surface area (Å²) in [5.74, 6) is -1.74. The quantitative estimate of drug-likeness (QED) is 0.869. The number of carbonyl (C=O) groups excluding carboxylic acids is 1. The number of rotatable bonds is 5. The predicted molar refractivity (Wildman–Crippen MR) is 71.4 cm³/mol. The lowest BCUT2D eigenvalue weighted by Crippen LogP contribution is -2.51. The van der Waals surface area contributed by atoms with Crippen LogP contribution < -0.4 is 5.32 Å². The van der Waals surface area contributed by atoms with E-state index in [1.807, 2.05) is 0 Å². The molecule has 2 N–H and O–H groups in total. The Bertz CT molecular complexity index is 524. The molecule has 0 spiro atoms. The first-order valence-electron chi connectivity index (χ1n) is 6.66. The second-order valence-corrected chi connectivity index (χ2v) is 5.55. The first-order valence-corrected chi connectivity index (χ1v) is 6.66. The van der Waals surface area contributed by atoms with Crippen LogP contribution in [0.4, 0.5) is 4.39 Å². The number of carboxylic acids is 1. The van der Waals surface area contributed by atoms with Crippen LogP contribution in [0, 0.1) is 17.7 Å². The SMILES string of the molecule is CC(C(=O)NC(C)(C(=O)O)c1ccc(F)cc1)C1CC1. The molecule has 1 aromatic carbocycles. The maximum absolute atomic E-state index is 12.9. The molecule has 1 saturated carbocycles. The molecule has 20 heavy (non-hydrogen) atoms. The molecule has 1 aliphatic rings. The van der Waals surface area contributed by atoms with Gasteiger partial charge in [-0.2, -0.15) is 0 Å². The molecule has 0 aliphatic heterocycles. The van der Waals surface area contributed by atoms with Gasteiger partial charge in [-0.25, -0.2) is 9.18 Å². The van der Waals surface area contributed by atoms with Crippen LogP contribution in [0.5, 0.6) is 0 Å². The molecule has 0 saturated heterocycles. The lowest BCUT2D eigenvalue weighted by atomic mass is 9.90. The van der Waals surface area contributed by atoms with Gasteiger partial charge < -0.3 is 10.4 Å². The van der Waals surface area contributed by atoms with Crippen molar-refractivity contribution in [3.8, 4) is 0 Å². The van der Waals surface area contributed by atoms with Gasteiger partial charge in [-0.1, -0.05) is 19.1 Å². The van der Waals surface area contributed by atoms with Crippen molar-refractivity contribution in [3.05, 3.63) is 35.6 Å². The van der Waals surface area contributed by atoms with Crippen LogP contribution in [0.1, 0.15) is 32.3 Å². The van der Waals surface area contributed by atoms with Crippen molar-refractivity contribution >= 4 is 11.9 Å². The van der Waals surface area contributed by atoms with E-state index < -0.39 is 17.3 Å². The predicted octanol–water partition coefficient (Wildman–Crippen LogP) is 2.29. The second kappa shape index (κ2) is 5.23. The highest BCUT2D eigenvalue weighted by Gasteiger charge is 2.40. The fourth-order valence-electron chi connectivity index (χ4n) is 2.20. The molecule has 1 aromatic rings. The first-order chi connectivity index (χ1) is 9.34. The molecule has 2 unspecified atom stereocenters. The summed E-state index contributed by atoms with van der Waals surface area (Å²) in [5.41, 5.74) is -1.20. The Hall–Kier alpha value is -1.91. The van der Waals surface area contributed by atoms with Crippen molar-refractivity contribution in [1.29, 1.82) is 0 Å². The van der Waals surface area contributed by atoms with Crippen LogP contribution in [0.3, 0.4) is 0 Å². The highest BCUT2D eigenvalue weighted by molar-refractivity contribution is 5.88. The molecule has 0 bridgehead atoms. The van der Waals surface area contributed by atoms with Crippen LogP contribution in [0.15, 0.2) is 24.3 Å². The summed E-state index contributed by atoms with van der Waals surface area (Å²) in [7, 11) is 0. The topological polar surface area (TPSA) is 66.4 Å². The first kappa shape index (κ1) is 14.5. The molecule has 4 nitrogen and oxygen atoms in total. The monoisotopic (exact) mass is 279 g/mol. The van der Waals surface area contributed by atoms with Crippen LogP contribution in [-0.2, 0) is 15.1 Å². The van der Waals surface area contributed by atoms with Crippen LogP contribution in [-0.4, -0.2) is 17.0 Å². The van der Waals surface area contributed by atoms with Gasteiger partial charge >= 0.3 is 5.97 Å². The number of carboxylic acid groups (broad SMARTS) is 1. The number of halogens is 1. The van der Waals surface area contributed by atoms with Crippen LogP contribution in [0.25, 0.3) is 0 Å². The van der Waals surface area contributed by atoms with E-state index in [1.165, 1.54) is 31.2 Å². The Labute approximate surface area is 117 Å². The molecule has 108 valence electrons. The van der Waals surface area contributed by atoms with Crippen molar-refractivity contribution < 1.29 is 19.1 Å². The number of carbonyl (C=O) groups is 2. The van der Waals surface area contributed by atoms with E-state index in [0.29, 0.717) is 11.5 Å². The van der Waals surface area contributed by atoms with E-state index in [0.717, 1.165) is 12.8 Å². The maximum atomic E-state index is 12.9. The summed E-state index contributed by atoms with van der Waals surface area (Å²) in [6, 6.07) is 5.14. The summed E-state index contributed by atoms with van der Waals surface area (Å²) >= 11 is 0. The summed E-state index contributed by atoms with van der Waals surface area (Å²) in [6.45, 7) is 3.22. The van der Waals surface area contributed by atoms with Gasteiger partial charge in [0.05, 0.1) is 0 Å². The molecule has 0 aromatic heterocycles. The minimum atomic E-state index is -1.55. The Morgan fingerprint density at radius 2 is 1.90 bits per heavy atom. The lowest BCUT2D eigenvalue weighted by molar-refractivity contribution is -0.148. The van der Waals surface area contributed by atoms with Crippen molar-refractivity contribution in [2.45, 2.75) is 32.2 Å². The number of benzene rings is 1. The summed E-state index contributed by atoms with van der Waals surface area (Å²) in [5, 5.41) is 12.0. The van der Waals surface area contributed by atoms with Gasteiger partial charge in [0, 0.05) is 5.92 Å². The zero-order valence-electron chi connectivity index (χ0n) is 11.5. The van der Waals surface area contributed by atoms with Crippen molar-refractivity contribution in [2.75, 3.05) is 0 Å². The van der Waals surface area contributed by atoms with Gasteiger partial charge in [-0.3, -0.25) is 4.79 Å². The highest BCUT2D eigenvalue weighted by atomic mass is 19.1. The lowest BCUT2D eigenvalue weighted by Gasteiger charge is -2.28. The van der Waals surface area contributed by atoms with Gasteiger partial charge in [-0.15, -0.1) is 0 Å². The molecule has 1 amide bonds. The van der Waals surface area contributed by atoms with Gasteiger partial charge in [-0.05, 0) is 43.4 Å². The zero-order chi connectivity index (χ0) is 14.9. The van der Waals surface area contributed by atoms with Crippen molar-refractivity contribution in [1.82, 2.24) is 5.32 Å². The van der Waals surface area contributed by atoms with Crippen LogP contribution >= 0.6 is 0 Å². The fourth-order valence-corrected chi connectivity index (χ4v) is 2.20. The molecule has 2 rings (SSSR count). The fraction of sp³-hybridized carbons (Fsp3) is 0.467. The minimum absolute atomic E-state index is 0.200. The van der Waals surface area contributed by atoms with Gasteiger partial charge in [0.15, 0.2) is 5.54 Å². The van der Waals surface area contributed by atoms with E-state index in [9.17, 15) is 19.1 Å². The maximum Gasteiger partial charge on any atom is 0.333 e. The Balaban J connectivity index is 2.22. The third kappa shape index (κ3) is 2.81. The van der Waals surface area contributed by atoms with E-state index in [2.05, 4.69) is 5.32 Å². The van der Waals surface area contributed by atoms with Gasteiger partial charge in [0.1, 0.15) is 5.82 Å². The zero-order valence-corrected chi connectivity index (χ0v) is 11.5. The molecule has 1 fully saturated rings. The van der Waals surface area contributed by atoms with E-state index >= 15 is 0 Å². The van der Waals surface area contributed by atoms with Crippen LogP contribution in [0.2, 0.25) is 0 Å². The third-order valence-corrected chi connectivity index (χ3v) is 3.97. The highest BCUT2D eigenvalue weighted by Crippen LogP contribution is 2.37. The standard InChI is InChI=1S/C15H18FNO3/c1-9(10-3-4-10)13(18)17-15(2,14(19)20)11-5-7-12(16)8-6-11/h5-10H,3-4H2,1-2H3,(H,17,18)(H,19,20). The molecular formula is C15H18FNO3. The second-order valence-electron chi connectivity index (χ2n) is 5.55. The Kier molecular flexibility index (Phi) is 3.79. The Morgan fingerprint density at radius 3 is 2.35 bits per heavy atom. The van der Waals surface area contributed by atoms with Crippen molar-refractivity contribution in [2.24, 2.45) is 11.8 Å². The average Bonchev–Trinajstić information content (AvgIpc) is 3.22. The number of hydrogen-bond acceptors (Lipinski definition) is 2. The van der Waals surface area contributed by atoms with Gasteiger partial charge in [0.25, 0.3) is 0 Å². The third-order valence-electron chi connectivity index (χ3n) is 3.97. The van der Waals surface area contributed by atoms with E-state index in [-0.39, 0.29) is 11.8 Å². The minimum Gasteiger partial charge on any atom is -0.479 e. The van der Waals surface area contributed by atoms with E-state index in [1.54, 1.807) is 6.92 Å². The summed E-state index contributed by atoms with van der Waals surface area (Å²) < 4.78 is 12.9. The Morgan fingerprint density at radius 1 is 1.35 bits per heavy atom. The molecule has 0 radical (unpaired) electrons.